The first-order chi connectivity index (χ1) is 8.47. The van der Waals surface area contributed by atoms with Gasteiger partial charge in [0.25, 0.3) is 0 Å². The fraction of sp³-hybridized carbons (Fsp3) is 0.500. The number of rotatable bonds is 4. The number of hydrogen-bond donors (Lipinski definition) is 0. The molecule has 0 atom stereocenters. The number of benzene rings is 1. The zero-order valence-electron chi connectivity index (χ0n) is 9.84. The van der Waals surface area contributed by atoms with Crippen LogP contribution in [0, 0.1) is 11.7 Å². The zero-order valence-corrected chi connectivity index (χ0v) is 9.84. The second-order valence-corrected chi connectivity index (χ2v) is 4.72. The van der Waals surface area contributed by atoms with Gasteiger partial charge < -0.3 is 17.7 Å². The summed E-state index contributed by atoms with van der Waals surface area (Å²) in [6.45, 7) is -4.84. The summed E-state index contributed by atoms with van der Waals surface area (Å²) in [6, 6.07) is 2.75. The van der Waals surface area contributed by atoms with Crippen LogP contribution in [0.2, 0.25) is 0 Å². The highest BCUT2D eigenvalue weighted by molar-refractivity contribution is 6.73. The van der Waals surface area contributed by atoms with Crippen LogP contribution in [0.1, 0.15) is 25.7 Å². The number of ether oxygens (including phenoxy) is 1. The van der Waals surface area contributed by atoms with Gasteiger partial charge in [0.2, 0.25) is 0 Å². The van der Waals surface area contributed by atoms with Gasteiger partial charge in [0.15, 0.2) is 0 Å². The molecule has 1 fully saturated rings. The Kier molecular flexibility index (Phi) is 3.83. The van der Waals surface area contributed by atoms with E-state index in [-0.39, 0.29) is 5.75 Å². The maximum atomic E-state index is 13.3. The van der Waals surface area contributed by atoms with Gasteiger partial charge in [0.1, 0.15) is 5.75 Å². The lowest BCUT2D eigenvalue weighted by molar-refractivity contribution is 0.251. The molecule has 0 bridgehead atoms. The fourth-order valence-corrected chi connectivity index (χ4v) is 2.25. The van der Waals surface area contributed by atoms with E-state index in [2.05, 4.69) is 0 Å². The second kappa shape index (κ2) is 5.20. The van der Waals surface area contributed by atoms with Crippen LogP contribution in [0.4, 0.5) is 17.3 Å². The topological polar surface area (TPSA) is 9.23 Å². The summed E-state index contributed by atoms with van der Waals surface area (Å²) < 4.78 is 55.8. The molecule has 18 heavy (non-hydrogen) atoms. The van der Waals surface area contributed by atoms with E-state index in [9.17, 15) is 17.3 Å². The largest absolute Gasteiger partial charge is 0.512 e. The summed E-state index contributed by atoms with van der Waals surface area (Å²) in [5.41, 5.74) is -1.19. The molecule has 2 rings (SSSR count). The third-order valence-corrected chi connectivity index (χ3v) is 3.29. The van der Waals surface area contributed by atoms with Crippen molar-refractivity contribution in [1.82, 2.24) is 0 Å². The molecule has 100 valence electrons. The second-order valence-electron chi connectivity index (χ2n) is 4.72. The minimum atomic E-state index is -5.30. The lowest BCUT2D eigenvalue weighted by atomic mass is 9.80. The maximum Gasteiger partial charge on any atom is 0.512 e. The van der Waals surface area contributed by atoms with E-state index in [0.717, 1.165) is 37.8 Å². The summed E-state index contributed by atoms with van der Waals surface area (Å²) in [5.74, 6) is -0.644. The van der Waals surface area contributed by atoms with Crippen molar-refractivity contribution in [1.29, 1.82) is 0 Å². The van der Waals surface area contributed by atoms with E-state index in [4.69, 9.17) is 4.74 Å². The Hall–Kier alpha value is -1.20. The summed E-state index contributed by atoms with van der Waals surface area (Å²) >= 11 is 0. The third-order valence-electron chi connectivity index (χ3n) is 3.29. The van der Waals surface area contributed by atoms with Gasteiger partial charge in [-0.25, -0.2) is 4.39 Å². The van der Waals surface area contributed by atoms with E-state index >= 15 is 0 Å². The van der Waals surface area contributed by atoms with Gasteiger partial charge in [0.05, 0.1) is 12.4 Å². The quantitative estimate of drug-likeness (QED) is 0.595. The third kappa shape index (κ3) is 3.18. The normalized spacial score (nSPS) is 17.1. The first-order valence-corrected chi connectivity index (χ1v) is 6.09. The summed E-state index contributed by atoms with van der Waals surface area (Å²) in [4.78, 5) is 0. The van der Waals surface area contributed by atoms with Crippen molar-refractivity contribution < 1.29 is 22.1 Å². The van der Waals surface area contributed by atoms with Gasteiger partial charge in [-0.05, 0) is 24.8 Å². The zero-order chi connectivity index (χ0) is 13.2. The van der Waals surface area contributed by atoms with Gasteiger partial charge in [-0.2, -0.15) is 0 Å². The van der Waals surface area contributed by atoms with Crippen molar-refractivity contribution in [2.24, 2.45) is 5.92 Å². The smallest absolute Gasteiger partial charge is 0.493 e. The molecule has 1 saturated carbocycles. The molecule has 1 aliphatic carbocycles. The predicted octanol–water partition coefficient (Wildman–Crippen LogP) is 3.45. The van der Waals surface area contributed by atoms with Crippen molar-refractivity contribution in [3.63, 3.8) is 0 Å². The maximum absolute atomic E-state index is 13.3. The molecular weight excluding hydrogens is 247 g/mol. The number of hydrogen-bond acceptors (Lipinski definition) is 1. The molecule has 1 nitrogen and oxygen atoms in total. The minimum absolute atomic E-state index is 0.170. The summed E-state index contributed by atoms with van der Waals surface area (Å²) in [5, 5.41) is 0. The Balaban J connectivity index is 2.00. The van der Waals surface area contributed by atoms with Crippen molar-refractivity contribution in [2.75, 3.05) is 6.61 Å². The van der Waals surface area contributed by atoms with Gasteiger partial charge >= 0.3 is 6.98 Å². The Bertz CT molecular complexity index is 413. The molecule has 0 saturated heterocycles. The molecule has 6 heteroatoms. The van der Waals surface area contributed by atoms with Crippen molar-refractivity contribution >= 4 is 12.4 Å². The molecule has 0 spiro atoms. The average Bonchev–Trinajstić information content (AvgIpc) is 2.77. The van der Waals surface area contributed by atoms with Crippen LogP contribution in [-0.4, -0.2) is 13.6 Å². The molecule has 0 unspecified atom stereocenters. The first-order valence-electron chi connectivity index (χ1n) is 6.09. The van der Waals surface area contributed by atoms with Crippen LogP contribution in [0.3, 0.4) is 0 Å². The van der Waals surface area contributed by atoms with E-state index in [1.54, 1.807) is 0 Å². The molecule has 0 heterocycles. The molecule has 0 radical (unpaired) electrons. The average molecular weight is 261 g/mol. The first kappa shape index (κ1) is 13.2. The van der Waals surface area contributed by atoms with Crippen molar-refractivity contribution in [3.8, 4) is 5.75 Å². The Labute approximate surface area is 103 Å². The van der Waals surface area contributed by atoms with E-state index in [0.29, 0.717) is 12.5 Å². The lowest BCUT2D eigenvalue weighted by Gasteiger charge is -2.17. The van der Waals surface area contributed by atoms with Crippen LogP contribution in [0.15, 0.2) is 18.2 Å². The molecule has 1 aliphatic rings. The van der Waals surface area contributed by atoms with Crippen LogP contribution < -0.4 is 10.2 Å². The van der Waals surface area contributed by atoms with Gasteiger partial charge in [-0.15, -0.1) is 0 Å². The fourth-order valence-electron chi connectivity index (χ4n) is 2.25. The van der Waals surface area contributed by atoms with Crippen LogP contribution in [-0.2, 0) is 0 Å². The summed E-state index contributed by atoms with van der Waals surface area (Å²) in [7, 11) is 0. The summed E-state index contributed by atoms with van der Waals surface area (Å²) in [6.07, 6.45) is 4.48. The van der Waals surface area contributed by atoms with Crippen LogP contribution in [0.25, 0.3) is 0 Å². The lowest BCUT2D eigenvalue weighted by Crippen LogP contribution is -2.36. The molecule has 0 aromatic heterocycles. The Morgan fingerprint density at radius 1 is 1.17 bits per heavy atom. The van der Waals surface area contributed by atoms with Crippen LogP contribution >= 0.6 is 0 Å². The molecule has 0 N–H and O–H groups in total. The predicted molar refractivity (Wildman–Crippen MR) is 62.6 cm³/mol. The standard InChI is InChI=1S/C12H14BF4O/c14-12-7-10(5-6-11(12)13(15,16)17)18-8-9-3-1-2-4-9/h5-7,9H,1-4,8H2/q-1. The SMILES string of the molecule is Fc1cc(OCC2CCCC2)ccc1[B-](F)(F)F. The Morgan fingerprint density at radius 2 is 1.83 bits per heavy atom. The van der Waals surface area contributed by atoms with Gasteiger partial charge in [0, 0.05) is 6.07 Å². The van der Waals surface area contributed by atoms with Crippen molar-refractivity contribution in [3.05, 3.63) is 24.0 Å². The van der Waals surface area contributed by atoms with Crippen molar-refractivity contribution in [2.45, 2.75) is 25.7 Å². The molecular formula is C12H14BF4O-. The van der Waals surface area contributed by atoms with Gasteiger partial charge in [-0.1, -0.05) is 24.4 Å². The highest BCUT2D eigenvalue weighted by atomic mass is 19.4. The highest BCUT2D eigenvalue weighted by Crippen LogP contribution is 2.26. The molecule has 0 amide bonds. The van der Waals surface area contributed by atoms with E-state index in [1.165, 1.54) is 6.07 Å². The van der Waals surface area contributed by atoms with E-state index < -0.39 is 18.3 Å². The van der Waals surface area contributed by atoms with Crippen LogP contribution in [0.5, 0.6) is 5.75 Å². The Morgan fingerprint density at radius 3 is 2.39 bits per heavy atom. The molecule has 0 aliphatic heterocycles. The number of halogens is 4. The molecule has 1 aromatic carbocycles. The highest BCUT2D eigenvalue weighted by Gasteiger charge is 2.29. The van der Waals surface area contributed by atoms with E-state index in [1.807, 2.05) is 0 Å². The van der Waals surface area contributed by atoms with Gasteiger partial charge in [-0.3, -0.25) is 0 Å². The monoisotopic (exact) mass is 261 g/mol. The molecule has 1 aromatic rings. The minimum Gasteiger partial charge on any atom is -0.493 e.